The smallest absolute Gasteiger partial charge is 0.210 e. The van der Waals surface area contributed by atoms with E-state index in [1.165, 1.54) is 21.1 Å². The predicted molar refractivity (Wildman–Crippen MR) is 93.0 cm³/mol. The monoisotopic (exact) mass is 349 g/mol. The van der Waals surface area contributed by atoms with Crippen molar-refractivity contribution >= 4 is 24.2 Å². The second kappa shape index (κ2) is 6.36. The number of hydrogen-bond acceptors (Lipinski definition) is 4. The van der Waals surface area contributed by atoms with Gasteiger partial charge in [0.1, 0.15) is 6.72 Å². The molecule has 0 saturated heterocycles. The van der Waals surface area contributed by atoms with Crippen molar-refractivity contribution in [2.75, 3.05) is 7.05 Å². The van der Waals surface area contributed by atoms with E-state index in [-0.39, 0.29) is 16.9 Å². The molecule has 1 aliphatic carbocycles. The molecule has 7 nitrogen and oxygen atoms in total. The number of fused-ring (bicyclic) bond motifs is 1. The Hall–Kier alpha value is -3.61. The molecule has 2 heterocycles. The summed E-state index contributed by atoms with van der Waals surface area (Å²) >= 11 is 0. The average Bonchev–Trinajstić information content (AvgIpc) is 2.60. The number of hydrogen-bond donors (Lipinski definition) is 0. The van der Waals surface area contributed by atoms with E-state index in [0.29, 0.717) is 16.7 Å². The largest absolute Gasteiger partial charge is 0.545 e. The van der Waals surface area contributed by atoms with Gasteiger partial charge in [-0.3, -0.25) is 4.79 Å². The number of carboxylic acids is 1. The Morgan fingerprint density at radius 3 is 2.77 bits per heavy atom. The van der Waals surface area contributed by atoms with Crippen LogP contribution in [-0.2, 0) is 0 Å². The number of carboxylic acid groups (broad SMARTS) is 1. The molecule has 0 N–H and O–H groups in total. The van der Waals surface area contributed by atoms with Crippen molar-refractivity contribution in [3.63, 3.8) is 0 Å². The number of aromatic nitrogens is 1. The van der Waals surface area contributed by atoms with Gasteiger partial charge >= 0.3 is 0 Å². The summed E-state index contributed by atoms with van der Waals surface area (Å²) in [4.78, 5) is 25.4. The summed E-state index contributed by atoms with van der Waals surface area (Å²) in [6.07, 6.45) is 11.1. The minimum atomic E-state index is -1.36. The fourth-order valence-corrected chi connectivity index (χ4v) is 2.81. The molecule has 132 valence electrons. The molecular weight excluding hydrogens is 332 g/mol. The van der Waals surface area contributed by atoms with Gasteiger partial charge in [0.05, 0.1) is 17.1 Å². The molecule has 1 aromatic heterocycles. The lowest BCUT2D eigenvalue weighted by Gasteiger charge is -2.34. The van der Waals surface area contributed by atoms with Gasteiger partial charge in [-0.1, -0.05) is 12.2 Å². The van der Waals surface area contributed by atoms with Gasteiger partial charge in [0, 0.05) is 20.7 Å². The SMILES string of the molecule is C=[N+]([N-]C1=c2c(cc(C(=O)[O-])c(C)[n+]2=C)C(=O)C=C1)[C-]1C=CC=CN1C. The molecule has 0 saturated carbocycles. The maximum Gasteiger partial charge on any atom is 0.210 e. The number of carbonyl (C=O) groups is 2. The van der Waals surface area contributed by atoms with E-state index >= 15 is 0 Å². The molecule has 0 fully saturated rings. The zero-order valence-corrected chi connectivity index (χ0v) is 14.5. The zero-order valence-electron chi connectivity index (χ0n) is 14.5. The number of carbonyl (C=O) groups excluding carboxylic acids is 2. The first kappa shape index (κ1) is 17.2. The Labute approximate surface area is 150 Å². The molecule has 0 unspecified atom stereocenters. The van der Waals surface area contributed by atoms with Crippen molar-refractivity contribution < 1.29 is 23.6 Å². The molecule has 26 heavy (non-hydrogen) atoms. The van der Waals surface area contributed by atoms with Crippen LogP contribution in [-0.4, -0.2) is 35.1 Å². The first-order chi connectivity index (χ1) is 12.3. The highest BCUT2D eigenvalue weighted by Crippen LogP contribution is 2.21. The summed E-state index contributed by atoms with van der Waals surface area (Å²) in [6, 6.07) is 1.30. The van der Waals surface area contributed by atoms with E-state index in [1.807, 2.05) is 36.4 Å². The van der Waals surface area contributed by atoms with E-state index < -0.39 is 5.97 Å². The second-order valence-corrected chi connectivity index (χ2v) is 5.87. The number of ketones is 1. The molecule has 1 aliphatic heterocycles. The highest BCUT2D eigenvalue weighted by molar-refractivity contribution is 6.08. The molecule has 7 heteroatoms. The van der Waals surface area contributed by atoms with E-state index in [0.717, 1.165) is 6.17 Å². The maximum atomic E-state index is 12.2. The third kappa shape index (κ3) is 2.79. The van der Waals surface area contributed by atoms with E-state index in [4.69, 9.17) is 0 Å². The van der Waals surface area contributed by atoms with Crippen molar-refractivity contribution in [3.8, 4) is 0 Å². The number of allylic oxidation sites excluding steroid dienone is 3. The van der Waals surface area contributed by atoms with Crippen LogP contribution < -0.4 is 14.7 Å². The predicted octanol–water partition coefficient (Wildman–Crippen LogP) is -0.347. The minimum absolute atomic E-state index is 0.0808. The molecule has 0 spiro atoms. The molecule has 1 aromatic rings. The van der Waals surface area contributed by atoms with Crippen LogP contribution in [0.1, 0.15) is 26.4 Å². The molecule has 2 aliphatic rings. The van der Waals surface area contributed by atoms with Crippen LogP contribution in [0.4, 0.5) is 0 Å². The number of rotatable bonds is 4. The van der Waals surface area contributed by atoms with Gasteiger partial charge in [-0.25, -0.2) is 0 Å². The van der Waals surface area contributed by atoms with Crippen molar-refractivity contribution in [2.45, 2.75) is 6.92 Å². The quantitative estimate of drug-likeness (QED) is 0.322. The number of likely N-dealkylation sites (N-methyl/N-ethyl adjacent to an activating group) is 1. The summed E-state index contributed by atoms with van der Waals surface area (Å²) in [6.45, 7) is 9.39. The zero-order chi connectivity index (χ0) is 19.0. The standard InChI is InChI=1S/C19H18N4O3/c1-12-13(19(25)26)11-14-16(24)9-8-15(18(14)22(12)3)20-23(4)17-7-5-6-10-21(17)2/h5-11H,3-4H2,1-2H3,(H,25,26)/p-1. The maximum absolute atomic E-state index is 12.2. The van der Waals surface area contributed by atoms with Gasteiger partial charge in [-0.15, -0.1) is 12.2 Å². The van der Waals surface area contributed by atoms with Gasteiger partial charge in [0.25, 0.3) is 0 Å². The van der Waals surface area contributed by atoms with E-state index in [2.05, 4.69) is 18.9 Å². The van der Waals surface area contributed by atoms with Gasteiger partial charge in [0.15, 0.2) is 17.6 Å². The summed E-state index contributed by atoms with van der Waals surface area (Å²) in [5.41, 5.74) is 5.41. The summed E-state index contributed by atoms with van der Waals surface area (Å²) in [7, 11) is 1.86. The summed E-state index contributed by atoms with van der Waals surface area (Å²) in [5, 5.41) is 11.7. The molecular formula is C19H17N4O3-. The summed E-state index contributed by atoms with van der Waals surface area (Å²) in [5.74, 6) is -1.68. The van der Waals surface area contributed by atoms with Crippen molar-refractivity contribution in [1.82, 2.24) is 4.90 Å². The minimum Gasteiger partial charge on any atom is -0.545 e. The highest BCUT2D eigenvalue weighted by Gasteiger charge is 2.21. The van der Waals surface area contributed by atoms with Crippen LogP contribution in [0.3, 0.4) is 0 Å². The summed E-state index contributed by atoms with van der Waals surface area (Å²) < 4.78 is 2.82. The Kier molecular flexibility index (Phi) is 4.21. The topological polar surface area (TPSA) is 83.5 Å². The van der Waals surface area contributed by atoms with Crippen LogP contribution in [0.2, 0.25) is 0 Å². The molecule has 0 radical (unpaired) electrons. The third-order valence-corrected chi connectivity index (χ3v) is 4.25. The fraction of sp³-hybridized carbons (Fsp3) is 0.105. The molecule has 0 amide bonds. The second-order valence-electron chi connectivity index (χ2n) is 5.87. The normalized spacial score (nSPS) is 15.3. The molecule has 0 aromatic carbocycles. The Balaban J connectivity index is 2.13. The van der Waals surface area contributed by atoms with Gasteiger partial charge in [-0.2, -0.15) is 4.24 Å². The Morgan fingerprint density at radius 1 is 1.38 bits per heavy atom. The molecule has 3 rings (SSSR count). The van der Waals surface area contributed by atoms with Gasteiger partial charge in [-0.05, 0) is 24.0 Å². The number of nitrogens with zero attached hydrogens (tertiary/aromatic N) is 4. The highest BCUT2D eigenvalue weighted by atomic mass is 16.4. The van der Waals surface area contributed by atoms with Crippen LogP contribution in [0.25, 0.3) is 11.1 Å². The molecule has 0 atom stereocenters. The number of pyridine rings is 1. The van der Waals surface area contributed by atoms with Crippen LogP contribution in [0, 0.1) is 19.8 Å². The number of aromatic carboxylic acids is 1. The average molecular weight is 349 g/mol. The lowest BCUT2D eigenvalue weighted by atomic mass is 10.0. The first-order valence-electron chi connectivity index (χ1n) is 7.79. The van der Waals surface area contributed by atoms with Gasteiger partial charge < -0.3 is 24.9 Å². The van der Waals surface area contributed by atoms with Crippen LogP contribution >= 0.6 is 0 Å². The lowest BCUT2D eigenvalue weighted by Crippen LogP contribution is -2.47. The Morgan fingerprint density at radius 2 is 2.12 bits per heavy atom. The lowest BCUT2D eigenvalue weighted by molar-refractivity contribution is -0.523. The van der Waals surface area contributed by atoms with E-state index in [9.17, 15) is 14.7 Å². The first-order valence-corrected chi connectivity index (χ1v) is 7.79. The molecule has 0 bridgehead atoms. The third-order valence-electron chi connectivity index (χ3n) is 4.25. The van der Waals surface area contributed by atoms with Crippen molar-refractivity contribution in [1.29, 1.82) is 0 Å². The van der Waals surface area contributed by atoms with Crippen LogP contribution in [0.15, 0.2) is 42.6 Å². The van der Waals surface area contributed by atoms with Crippen LogP contribution in [0.5, 0.6) is 0 Å². The van der Waals surface area contributed by atoms with E-state index in [1.54, 1.807) is 13.0 Å². The fourth-order valence-electron chi connectivity index (χ4n) is 2.81. The van der Waals surface area contributed by atoms with Crippen molar-refractivity contribution in [3.05, 3.63) is 83.1 Å². The van der Waals surface area contributed by atoms with Gasteiger partial charge in [0.2, 0.25) is 5.35 Å². The van der Waals surface area contributed by atoms with Crippen molar-refractivity contribution in [2.24, 2.45) is 0 Å². The Bertz CT molecular complexity index is 1030.